The summed E-state index contributed by atoms with van der Waals surface area (Å²) in [5.41, 5.74) is -0.0634. The minimum Gasteiger partial charge on any atom is -0.322 e. The molecule has 0 saturated heterocycles. The van der Waals surface area contributed by atoms with Gasteiger partial charge in [0.15, 0.2) is 5.69 Å². The van der Waals surface area contributed by atoms with Gasteiger partial charge in [-0.3, -0.25) is 9.48 Å². The van der Waals surface area contributed by atoms with E-state index < -0.39 is 23.3 Å². The van der Waals surface area contributed by atoms with Crippen LogP contribution in [0.15, 0.2) is 30.5 Å². The van der Waals surface area contributed by atoms with Gasteiger partial charge in [0.25, 0.3) is 5.91 Å². The second kappa shape index (κ2) is 7.13. The van der Waals surface area contributed by atoms with Crippen molar-refractivity contribution in [2.45, 2.75) is 44.7 Å². The Morgan fingerprint density at radius 2 is 2.00 bits per heavy atom. The number of alkyl halides is 3. The number of aryl methyl sites for hydroxylation is 1. The first kappa shape index (κ1) is 18.5. The van der Waals surface area contributed by atoms with Gasteiger partial charge in [0.2, 0.25) is 0 Å². The molecule has 140 valence electrons. The van der Waals surface area contributed by atoms with Crippen LogP contribution in [-0.4, -0.2) is 15.7 Å². The molecule has 4 nitrogen and oxygen atoms in total. The maximum atomic E-state index is 13.1. The highest BCUT2D eigenvalue weighted by Crippen LogP contribution is 2.39. The average Bonchev–Trinajstić information content (AvgIpc) is 2.98. The van der Waals surface area contributed by atoms with Crippen LogP contribution in [0.4, 0.5) is 18.9 Å². The van der Waals surface area contributed by atoms with Gasteiger partial charge in [-0.25, -0.2) is 0 Å². The smallest absolute Gasteiger partial charge is 0.322 e. The van der Waals surface area contributed by atoms with Crippen LogP contribution in [-0.2, 0) is 13.2 Å². The van der Waals surface area contributed by atoms with Gasteiger partial charge in [0, 0.05) is 18.9 Å². The van der Waals surface area contributed by atoms with Gasteiger partial charge >= 0.3 is 6.18 Å². The number of hydrogen-bond donors (Lipinski definition) is 1. The number of nitrogens with zero attached hydrogens (tertiary/aromatic N) is 2. The molecule has 0 aliphatic heterocycles. The molecule has 1 fully saturated rings. The third-order valence-electron chi connectivity index (χ3n) is 4.93. The molecule has 0 radical (unpaired) electrons. The molecule has 1 saturated carbocycles. The van der Waals surface area contributed by atoms with E-state index in [-0.39, 0.29) is 0 Å². The van der Waals surface area contributed by atoms with E-state index >= 15 is 0 Å². The standard InChI is InChI=1S/C19H22F3N3O/c1-12-6-5-7-13(10-12)14-8-3-4-9-16(14)23-18(26)15-11-25(2)24-17(15)19(20,21)22/h3-4,8-9,11-13H,5-7,10H2,1-2H3,(H,23,26). The van der Waals surface area contributed by atoms with Crippen LogP contribution in [0.1, 0.15) is 60.1 Å². The molecular formula is C19H22F3N3O. The Bertz CT molecular complexity index is 798. The number of hydrogen-bond acceptors (Lipinski definition) is 2. The van der Waals surface area contributed by atoms with Crippen LogP contribution in [0.5, 0.6) is 0 Å². The number of amides is 1. The molecule has 2 unspecified atom stereocenters. The zero-order valence-corrected chi connectivity index (χ0v) is 14.8. The lowest BCUT2D eigenvalue weighted by atomic mass is 9.78. The number of nitrogens with one attached hydrogen (secondary N) is 1. The fraction of sp³-hybridized carbons (Fsp3) is 0.474. The number of anilines is 1. The zero-order chi connectivity index (χ0) is 18.9. The quantitative estimate of drug-likeness (QED) is 0.833. The molecule has 0 bridgehead atoms. The van der Waals surface area contributed by atoms with E-state index in [9.17, 15) is 18.0 Å². The molecule has 26 heavy (non-hydrogen) atoms. The molecule has 3 rings (SSSR count). The minimum absolute atomic E-state index is 0.311. The molecule has 1 aromatic carbocycles. The lowest BCUT2D eigenvalue weighted by molar-refractivity contribution is -0.141. The molecule has 0 spiro atoms. The molecular weight excluding hydrogens is 343 g/mol. The van der Waals surface area contributed by atoms with E-state index in [0.717, 1.165) is 35.7 Å². The Kier molecular flexibility index (Phi) is 5.07. The molecule has 2 aromatic rings. The second-order valence-corrected chi connectivity index (χ2v) is 7.07. The Morgan fingerprint density at radius 1 is 1.27 bits per heavy atom. The summed E-state index contributed by atoms with van der Waals surface area (Å²) >= 11 is 0. The lowest BCUT2D eigenvalue weighted by Gasteiger charge is -2.28. The van der Waals surface area contributed by atoms with Crippen LogP contribution >= 0.6 is 0 Å². The van der Waals surface area contributed by atoms with Gasteiger partial charge in [0.05, 0.1) is 5.56 Å². The number of halogens is 3. The van der Waals surface area contributed by atoms with Crippen LogP contribution in [0.25, 0.3) is 0 Å². The summed E-state index contributed by atoms with van der Waals surface area (Å²) in [6, 6.07) is 7.37. The number of para-hydroxylation sites is 1. The van der Waals surface area contributed by atoms with Gasteiger partial charge in [0.1, 0.15) is 0 Å². The monoisotopic (exact) mass is 365 g/mol. The van der Waals surface area contributed by atoms with Gasteiger partial charge < -0.3 is 5.32 Å². The molecule has 1 heterocycles. The maximum Gasteiger partial charge on any atom is 0.435 e. The first-order valence-corrected chi connectivity index (χ1v) is 8.77. The van der Waals surface area contributed by atoms with Crippen molar-refractivity contribution in [3.05, 3.63) is 47.3 Å². The normalized spacial score (nSPS) is 20.8. The fourth-order valence-corrected chi connectivity index (χ4v) is 3.74. The van der Waals surface area contributed by atoms with Crippen molar-refractivity contribution in [1.82, 2.24) is 9.78 Å². The number of rotatable bonds is 3. The van der Waals surface area contributed by atoms with Crippen molar-refractivity contribution in [2.24, 2.45) is 13.0 Å². The fourth-order valence-electron chi connectivity index (χ4n) is 3.74. The summed E-state index contributed by atoms with van der Waals surface area (Å²) in [5, 5.41) is 6.07. The number of carbonyl (C=O) groups is 1. The Labute approximate surface area is 150 Å². The van der Waals surface area contributed by atoms with Crippen LogP contribution in [0.2, 0.25) is 0 Å². The third kappa shape index (κ3) is 3.92. The summed E-state index contributed by atoms with van der Waals surface area (Å²) in [6.45, 7) is 2.21. The summed E-state index contributed by atoms with van der Waals surface area (Å²) in [6.07, 6.45) is 0.784. The van der Waals surface area contributed by atoms with Crippen molar-refractivity contribution in [2.75, 3.05) is 5.32 Å². The van der Waals surface area contributed by atoms with Gasteiger partial charge in [-0.1, -0.05) is 38.0 Å². The van der Waals surface area contributed by atoms with Gasteiger partial charge in [-0.2, -0.15) is 18.3 Å². The van der Waals surface area contributed by atoms with E-state index in [0.29, 0.717) is 17.5 Å². The first-order valence-electron chi connectivity index (χ1n) is 8.77. The number of aromatic nitrogens is 2. The zero-order valence-electron chi connectivity index (χ0n) is 14.8. The Hall–Kier alpha value is -2.31. The van der Waals surface area contributed by atoms with E-state index in [4.69, 9.17) is 0 Å². The topological polar surface area (TPSA) is 46.9 Å². The predicted octanol–water partition coefficient (Wildman–Crippen LogP) is 4.98. The third-order valence-corrected chi connectivity index (χ3v) is 4.93. The van der Waals surface area contributed by atoms with E-state index in [1.54, 1.807) is 12.1 Å². The number of carbonyl (C=O) groups excluding carboxylic acids is 1. The van der Waals surface area contributed by atoms with Crippen molar-refractivity contribution in [3.8, 4) is 0 Å². The lowest BCUT2D eigenvalue weighted by Crippen LogP contribution is -2.20. The summed E-state index contributed by atoms with van der Waals surface area (Å²) in [7, 11) is 1.36. The largest absolute Gasteiger partial charge is 0.435 e. The van der Waals surface area contributed by atoms with E-state index in [1.807, 2.05) is 12.1 Å². The Morgan fingerprint density at radius 3 is 2.69 bits per heavy atom. The predicted molar refractivity (Wildman–Crippen MR) is 93.0 cm³/mol. The molecule has 1 N–H and O–H groups in total. The van der Waals surface area contributed by atoms with Crippen LogP contribution < -0.4 is 5.32 Å². The Balaban J connectivity index is 1.87. The average molecular weight is 365 g/mol. The summed E-state index contributed by atoms with van der Waals surface area (Å²) in [5.74, 6) is 0.126. The molecule has 7 heteroatoms. The van der Waals surface area contributed by atoms with Crippen molar-refractivity contribution >= 4 is 11.6 Å². The van der Waals surface area contributed by atoms with Crippen molar-refractivity contribution < 1.29 is 18.0 Å². The molecule has 1 aliphatic carbocycles. The first-order chi connectivity index (χ1) is 12.3. The van der Waals surface area contributed by atoms with E-state index in [2.05, 4.69) is 17.3 Å². The van der Waals surface area contributed by atoms with Crippen LogP contribution in [0.3, 0.4) is 0 Å². The molecule has 1 amide bonds. The van der Waals surface area contributed by atoms with Gasteiger partial charge in [-0.15, -0.1) is 0 Å². The molecule has 1 aliphatic rings. The van der Waals surface area contributed by atoms with Crippen molar-refractivity contribution in [3.63, 3.8) is 0 Å². The summed E-state index contributed by atoms with van der Waals surface area (Å²) in [4.78, 5) is 12.5. The maximum absolute atomic E-state index is 13.1. The minimum atomic E-state index is -4.67. The van der Waals surface area contributed by atoms with E-state index in [1.165, 1.54) is 13.5 Å². The molecule has 2 atom stereocenters. The highest BCUT2D eigenvalue weighted by Gasteiger charge is 2.39. The van der Waals surface area contributed by atoms with Crippen molar-refractivity contribution in [1.29, 1.82) is 0 Å². The SMILES string of the molecule is CC1CCCC(c2ccccc2NC(=O)c2cn(C)nc2C(F)(F)F)C1. The molecule has 1 aromatic heterocycles. The highest BCUT2D eigenvalue weighted by atomic mass is 19.4. The summed E-state index contributed by atoms with van der Waals surface area (Å²) < 4.78 is 40.4. The van der Waals surface area contributed by atoms with Gasteiger partial charge in [-0.05, 0) is 36.3 Å². The van der Waals surface area contributed by atoms with Crippen LogP contribution in [0, 0.1) is 5.92 Å². The second-order valence-electron chi connectivity index (χ2n) is 7.07. The highest BCUT2D eigenvalue weighted by molar-refractivity contribution is 6.05. The number of benzene rings is 1.